The predicted molar refractivity (Wildman–Crippen MR) is 109 cm³/mol. The van der Waals surface area contributed by atoms with Crippen LogP contribution in [0, 0.1) is 5.92 Å². The number of rotatable bonds is 7. The Hall–Kier alpha value is -2.19. The average Bonchev–Trinajstić information content (AvgIpc) is 3.49. The molecule has 29 heavy (non-hydrogen) atoms. The van der Waals surface area contributed by atoms with Crippen molar-refractivity contribution >= 4 is 17.6 Å². The molecule has 0 unspecified atom stereocenters. The zero-order valence-corrected chi connectivity index (χ0v) is 16.9. The summed E-state index contributed by atoms with van der Waals surface area (Å²) in [4.78, 5) is 33.6. The van der Waals surface area contributed by atoms with Crippen LogP contribution in [0.4, 0.5) is 5.82 Å². The summed E-state index contributed by atoms with van der Waals surface area (Å²) in [5, 5.41) is 3.05. The van der Waals surface area contributed by atoms with Crippen LogP contribution in [0.1, 0.15) is 42.5 Å². The monoisotopic (exact) mass is 401 g/mol. The molecule has 3 heterocycles. The average molecular weight is 402 g/mol. The van der Waals surface area contributed by atoms with Gasteiger partial charge >= 0.3 is 0 Å². The van der Waals surface area contributed by atoms with E-state index in [1.807, 2.05) is 4.90 Å². The van der Waals surface area contributed by atoms with Crippen LogP contribution in [0.25, 0.3) is 0 Å². The van der Waals surface area contributed by atoms with Gasteiger partial charge in [-0.25, -0.2) is 4.98 Å². The molecule has 4 rings (SSSR count). The lowest BCUT2D eigenvalue weighted by atomic mass is 10.1. The van der Waals surface area contributed by atoms with E-state index in [4.69, 9.17) is 10.5 Å². The van der Waals surface area contributed by atoms with Gasteiger partial charge in [0.15, 0.2) is 0 Å². The minimum Gasteiger partial charge on any atom is -0.384 e. The molecule has 8 heteroatoms. The molecule has 2 amide bonds. The SMILES string of the molecule is Nc1ccc(C(=O)NC[C@@H]2CC[C@H](CC(=O)N3CCOCC3)N2CC2CC2)cn1. The summed E-state index contributed by atoms with van der Waals surface area (Å²) in [7, 11) is 0. The first-order valence-corrected chi connectivity index (χ1v) is 10.7. The Labute approximate surface area is 171 Å². The maximum Gasteiger partial charge on any atom is 0.252 e. The van der Waals surface area contributed by atoms with Crippen LogP contribution in [0.3, 0.4) is 0 Å². The number of likely N-dealkylation sites (tertiary alicyclic amines) is 1. The zero-order chi connectivity index (χ0) is 20.2. The van der Waals surface area contributed by atoms with Crippen molar-refractivity contribution in [2.24, 2.45) is 5.92 Å². The maximum atomic E-state index is 12.7. The topological polar surface area (TPSA) is 101 Å². The first kappa shape index (κ1) is 20.1. The van der Waals surface area contributed by atoms with Crippen molar-refractivity contribution in [3.05, 3.63) is 23.9 Å². The zero-order valence-electron chi connectivity index (χ0n) is 16.9. The second-order valence-corrected chi connectivity index (χ2v) is 8.40. The standard InChI is InChI=1S/C21H31N5O3/c22-19-6-3-16(12-23-19)21(28)24-13-18-5-4-17(26(18)14-15-1-2-15)11-20(27)25-7-9-29-10-8-25/h3,6,12,15,17-18H,1-2,4-5,7-11,13-14H2,(H2,22,23)(H,24,28)/t17-,18+/m1/s1. The van der Waals surface area contributed by atoms with E-state index in [-0.39, 0.29) is 23.9 Å². The summed E-state index contributed by atoms with van der Waals surface area (Å²) in [6.07, 6.45) is 6.64. The number of nitrogens with zero attached hydrogens (tertiary/aromatic N) is 3. The normalized spacial score (nSPS) is 25.2. The van der Waals surface area contributed by atoms with Crippen molar-refractivity contribution in [3.8, 4) is 0 Å². The quantitative estimate of drug-likeness (QED) is 0.704. The molecule has 1 saturated carbocycles. The van der Waals surface area contributed by atoms with Crippen molar-refractivity contribution in [1.29, 1.82) is 0 Å². The molecule has 3 N–H and O–H groups in total. The summed E-state index contributed by atoms with van der Waals surface area (Å²) < 4.78 is 5.36. The largest absolute Gasteiger partial charge is 0.384 e. The van der Waals surface area contributed by atoms with E-state index in [0.29, 0.717) is 50.7 Å². The van der Waals surface area contributed by atoms with Crippen molar-refractivity contribution < 1.29 is 14.3 Å². The number of hydrogen-bond acceptors (Lipinski definition) is 6. The highest BCUT2D eigenvalue weighted by Crippen LogP contribution is 2.35. The fourth-order valence-corrected chi connectivity index (χ4v) is 4.35. The van der Waals surface area contributed by atoms with Gasteiger partial charge in [0.1, 0.15) is 5.82 Å². The molecule has 0 bridgehead atoms. The van der Waals surface area contributed by atoms with Crippen LogP contribution in [0.15, 0.2) is 18.3 Å². The third-order valence-corrected chi connectivity index (χ3v) is 6.26. The number of anilines is 1. The summed E-state index contributed by atoms with van der Waals surface area (Å²) in [5.41, 5.74) is 6.11. The maximum absolute atomic E-state index is 12.7. The first-order chi connectivity index (χ1) is 14.1. The highest BCUT2D eigenvalue weighted by atomic mass is 16.5. The molecule has 2 saturated heterocycles. The van der Waals surface area contributed by atoms with Crippen LogP contribution in [0.5, 0.6) is 0 Å². The van der Waals surface area contributed by atoms with Crippen molar-refractivity contribution in [3.63, 3.8) is 0 Å². The second-order valence-electron chi connectivity index (χ2n) is 8.40. The van der Waals surface area contributed by atoms with Gasteiger partial charge < -0.3 is 20.7 Å². The third kappa shape index (κ3) is 5.25. The summed E-state index contributed by atoms with van der Waals surface area (Å²) in [5.74, 6) is 1.25. The predicted octanol–water partition coefficient (Wildman–Crippen LogP) is 0.886. The van der Waals surface area contributed by atoms with E-state index < -0.39 is 0 Å². The van der Waals surface area contributed by atoms with Gasteiger partial charge in [-0.3, -0.25) is 14.5 Å². The Morgan fingerprint density at radius 3 is 2.59 bits per heavy atom. The Morgan fingerprint density at radius 2 is 1.90 bits per heavy atom. The Balaban J connectivity index is 1.33. The lowest BCUT2D eigenvalue weighted by Crippen LogP contribution is -2.47. The van der Waals surface area contributed by atoms with Crippen molar-refractivity contribution in [2.45, 2.75) is 44.2 Å². The molecule has 3 aliphatic rings. The van der Waals surface area contributed by atoms with E-state index in [1.165, 1.54) is 19.0 Å². The van der Waals surface area contributed by atoms with E-state index in [0.717, 1.165) is 25.3 Å². The Morgan fingerprint density at radius 1 is 1.14 bits per heavy atom. The van der Waals surface area contributed by atoms with E-state index in [2.05, 4.69) is 15.2 Å². The van der Waals surface area contributed by atoms with Crippen molar-refractivity contribution in [1.82, 2.24) is 20.1 Å². The van der Waals surface area contributed by atoms with Crippen LogP contribution < -0.4 is 11.1 Å². The van der Waals surface area contributed by atoms with Crippen LogP contribution in [-0.2, 0) is 9.53 Å². The number of nitrogens with one attached hydrogen (secondary N) is 1. The fourth-order valence-electron chi connectivity index (χ4n) is 4.35. The van der Waals surface area contributed by atoms with Crippen LogP contribution >= 0.6 is 0 Å². The highest BCUT2D eigenvalue weighted by molar-refractivity contribution is 5.94. The Kier molecular flexibility index (Phi) is 6.30. The molecule has 0 aromatic carbocycles. The minimum absolute atomic E-state index is 0.128. The van der Waals surface area contributed by atoms with E-state index in [1.54, 1.807) is 12.1 Å². The number of carbonyl (C=O) groups excluding carboxylic acids is 2. The third-order valence-electron chi connectivity index (χ3n) is 6.26. The molecule has 2 aliphatic heterocycles. The number of carbonyl (C=O) groups is 2. The molecule has 8 nitrogen and oxygen atoms in total. The number of nitrogens with two attached hydrogens (primary N) is 1. The van der Waals surface area contributed by atoms with Gasteiger partial charge in [0, 0.05) is 50.9 Å². The molecule has 0 radical (unpaired) electrons. The van der Waals surface area contributed by atoms with E-state index in [9.17, 15) is 9.59 Å². The molecule has 0 spiro atoms. The van der Waals surface area contributed by atoms with E-state index >= 15 is 0 Å². The number of amides is 2. The second kappa shape index (κ2) is 9.09. The van der Waals surface area contributed by atoms with Crippen LogP contribution in [-0.4, -0.2) is 78.1 Å². The molecule has 2 atom stereocenters. The number of morpholine rings is 1. The van der Waals surface area contributed by atoms with Gasteiger partial charge in [0.05, 0.1) is 18.8 Å². The summed E-state index contributed by atoms with van der Waals surface area (Å²) in [6, 6.07) is 3.88. The van der Waals surface area contributed by atoms with Gasteiger partial charge in [0.25, 0.3) is 5.91 Å². The molecule has 158 valence electrons. The minimum atomic E-state index is -0.128. The lowest BCUT2D eigenvalue weighted by molar-refractivity contribution is -0.136. The molecule has 1 aromatic rings. The highest BCUT2D eigenvalue weighted by Gasteiger charge is 2.38. The van der Waals surface area contributed by atoms with Crippen molar-refractivity contribution in [2.75, 3.05) is 45.1 Å². The number of pyridine rings is 1. The molecule has 1 aliphatic carbocycles. The number of ether oxygens (including phenoxy) is 1. The number of aromatic nitrogens is 1. The fraction of sp³-hybridized carbons (Fsp3) is 0.667. The molecule has 3 fully saturated rings. The number of nitrogen functional groups attached to an aromatic ring is 1. The lowest BCUT2D eigenvalue weighted by Gasteiger charge is -2.33. The van der Waals surface area contributed by atoms with Gasteiger partial charge in [-0.15, -0.1) is 0 Å². The Bertz CT molecular complexity index is 716. The molecule has 1 aromatic heterocycles. The van der Waals surface area contributed by atoms with Gasteiger partial charge in [-0.1, -0.05) is 0 Å². The molecular formula is C21H31N5O3. The number of hydrogen-bond donors (Lipinski definition) is 2. The van der Waals surface area contributed by atoms with Gasteiger partial charge in [-0.05, 0) is 43.7 Å². The van der Waals surface area contributed by atoms with Crippen LogP contribution in [0.2, 0.25) is 0 Å². The summed E-state index contributed by atoms with van der Waals surface area (Å²) in [6.45, 7) is 4.30. The summed E-state index contributed by atoms with van der Waals surface area (Å²) >= 11 is 0. The van der Waals surface area contributed by atoms with Gasteiger partial charge in [-0.2, -0.15) is 0 Å². The van der Waals surface area contributed by atoms with Gasteiger partial charge in [0.2, 0.25) is 5.91 Å². The molecular weight excluding hydrogens is 370 g/mol. The smallest absolute Gasteiger partial charge is 0.252 e. The first-order valence-electron chi connectivity index (χ1n) is 10.7.